The number of halogens is 3. The van der Waals surface area contributed by atoms with Crippen LogP contribution in [-0.2, 0) is 9.53 Å². The van der Waals surface area contributed by atoms with Gasteiger partial charge in [0, 0.05) is 12.7 Å². The Morgan fingerprint density at radius 3 is 2.61 bits per heavy atom. The van der Waals surface area contributed by atoms with E-state index in [0.29, 0.717) is 24.3 Å². The van der Waals surface area contributed by atoms with Crippen molar-refractivity contribution in [1.82, 2.24) is 4.90 Å². The molecule has 0 radical (unpaired) electrons. The minimum atomic E-state index is -4.44. The number of alkyl halides is 3. The highest BCUT2D eigenvalue weighted by molar-refractivity contribution is 5.92. The van der Waals surface area contributed by atoms with E-state index in [1.54, 1.807) is 24.3 Å². The van der Waals surface area contributed by atoms with E-state index in [2.05, 4.69) is 0 Å². The molecule has 0 N–H and O–H groups in total. The molecule has 1 aromatic carbocycles. The topological polar surface area (TPSA) is 38.8 Å². The highest BCUT2D eigenvalue weighted by Gasteiger charge is 2.37. The monoisotopic (exact) mass is 329 g/mol. The summed E-state index contributed by atoms with van der Waals surface area (Å²) in [5.41, 5.74) is 0.703. The van der Waals surface area contributed by atoms with Gasteiger partial charge in [-0.15, -0.1) is 0 Å². The average Bonchev–Trinajstić information content (AvgIpc) is 3.04. The Morgan fingerprint density at radius 1 is 1.39 bits per heavy atom. The van der Waals surface area contributed by atoms with Crippen LogP contribution in [0.25, 0.3) is 6.08 Å². The third-order valence-electron chi connectivity index (χ3n) is 3.51. The van der Waals surface area contributed by atoms with Gasteiger partial charge in [-0.3, -0.25) is 4.79 Å². The van der Waals surface area contributed by atoms with Crippen molar-refractivity contribution in [1.29, 1.82) is 0 Å². The normalized spacial score (nSPS) is 18.3. The summed E-state index contributed by atoms with van der Waals surface area (Å²) in [6.07, 6.45) is -1.38. The summed E-state index contributed by atoms with van der Waals surface area (Å²) in [5.74, 6) is -0.0103. The first kappa shape index (κ1) is 17.3. The van der Waals surface area contributed by atoms with Gasteiger partial charge in [0.15, 0.2) is 0 Å². The molecule has 0 saturated carbocycles. The molecule has 1 saturated heterocycles. The van der Waals surface area contributed by atoms with Crippen LogP contribution in [0.1, 0.15) is 12.0 Å². The van der Waals surface area contributed by atoms with Crippen LogP contribution < -0.4 is 4.74 Å². The van der Waals surface area contributed by atoms with E-state index in [9.17, 15) is 18.0 Å². The number of carbonyl (C=O) groups excluding carboxylic acids is 1. The zero-order valence-electron chi connectivity index (χ0n) is 12.7. The molecule has 4 nitrogen and oxygen atoms in total. The molecule has 23 heavy (non-hydrogen) atoms. The van der Waals surface area contributed by atoms with Gasteiger partial charge in [-0.05, 0) is 30.2 Å². The Balaban J connectivity index is 2.07. The van der Waals surface area contributed by atoms with Crippen LogP contribution in [0.4, 0.5) is 13.2 Å². The Bertz CT molecular complexity index is 549. The lowest BCUT2D eigenvalue weighted by Gasteiger charge is -2.27. The summed E-state index contributed by atoms with van der Waals surface area (Å²) in [7, 11) is 1.53. The molecular weight excluding hydrogens is 311 g/mol. The van der Waals surface area contributed by atoms with Crippen LogP contribution >= 0.6 is 0 Å². The highest BCUT2D eigenvalue weighted by atomic mass is 19.4. The lowest BCUT2D eigenvalue weighted by molar-refractivity contribution is -0.162. The van der Waals surface area contributed by atoms with Gasteiger partial charge in [0.05, 0.1) is 19.8 Å². The predicted molar refractivity (Wildman–Crippen MR) is 79.0 cm³/mol. The Labute approximate surface area is 132 Å². The van der Waals surface area contributed by atoms with Gasteiger partial charge in [0.2, 0.25) is 5.91 Å². The summed E-state index contributed by atoms with van der Waals surface area (Å²) in [4.78, 5) is 13.0. The van der Waals surface area contributed by atoms with Crippen LogP contribution in [0.3, 0.4) is 0 Å². The quantitative estimate of drug-likeness (QED) is 0.780. The lowest BCUT2D eigenvalue weighted by atomic mass is 10.1. The van der Waals surface area contributed by atoms with Crippen molar-refractivity contribution in [3.05, 3.63) is 35.9 Å². The molecule has 1 aliphatic rings. The van der Waals surface area contributed by atoms with E-state index >= 15 is 0 Å². The second-order valence-corrected chi connectivity index (χ2v) is 5.21. The number of methoxy groups -OCH3 is 1. The standard InChI is InChI=1S/C16H18F3NO3/c1-22-14-5-2-12(3-6-14)4-7-15(21)20(11-16(17,18)19)13-8-9-23-10-13/h2-7,13H,8-11H2,1H3/b7-4+. The van der Waals surface area contributed by atoms with Gasteiger partial charge in [0.1, 0.15) is 12.3 Å². The molecule has 1 heterocycles. The molecule has 0 aliphatic carbocycles. The molecule has 0 bridgehead atoms. The maximum atomic E-state index is 12.7. The van der Waals surface area contributed by atoms with Gasteiger partial charge in [-0.1, -0.05) is 12.1 Å². The summed E-state index contributed by atoms with van der Waals surface area (Å²) in [5, 5.41) is 0. The second-order valence-electron chi connectivity index (χ2n) is 5.21. The second kappa shape index (κ2) is 7.50. The highest BCUT2D eigenvalue weighted by Crippen LogP contribution is 2.22. The van der Waals surface area contributed by atoms with Gasteiger partial charge in [-0.25, -0.2) is 0 Å². The van der Waals surface area contributed by atoms with E-state index in [4.69, 9.17) is 9.47 Å². The zero-order valence-corrected chi connectivity index (χ0v) is 12.7. The molecule has 0 spiro atoms. The summed E-state index contributed by atoms with van der Waals surface area (Å²) < 4.78 is 48.2. The molecule has 1 aromatic rings. The fraction of sp³-hybridized carbons (Fsp3) is 0.438. The van der Waals surface area contributed by atoms with E-state index in [0.717, 1.165) is 11.0 Å². The number of ether oxygens (including phenoxy) is 2. The Morgan fingerprint density at radius 2 is 2.09 bits per heavy atom. The van der Waals surface area contributed by atoms with Crippen LogP contribution in [-0.4, -0.2) is 49.9 Å². The molecule has 1 aliphatic heterocycles. The maximum absolute atomic E-state index is 12.7. The van der Waals surface area contributed by atoms with Gasteiger partial charge in [0.25, 0.3) is 0 Å². The van der Waals surface area contributed by atoms with Gasteiger partial charge < -0.3 is 14.4 Å². The Kier molecular flexibility index (Phi) is 5.65. The Hall–Kier alpha value is -2.02. The van der Waals surface area contributed by atoms with Crippen molar-refractivity contribution < 1.29 is 27.4 Å². The molecule has 7 heteroatoms. The van der Waals surface area contributed by atoms with Crippen molar-refractivity contribution in [2.45, 2.75) is 18.6 Å². The van der Waals surface area contributed by atoms with Crippen molar-refractivity contribution in [3.63, 3.8) is 0 Å². The lowest BCUT2D eigenvalue weighted by Crippen LogP contribution is -2.45. The number of benzene rings is 1. The van der Waals surface area contributed by atoms with Crippen LogP contribution in [0, 0.1) is 0 Å². The van der Waals surface area contributed by atoms with Gasteiger partial charge in [-0.2, -0.15) is 13.2 Å². The van der Waals surface area contributed by atoms with E-state index < -0.39 is 24.7 Å². The summed E-state index contributed by atoms with van der Waals surface area (Å²) >= 11 is 0. The third kappa shape index (κ3) is 5.28. The molecule has 0 aromatic heterocycles. The van der Waals surface area contributed by atoms with E-state index in [1.165, 1.54) is 13.2 Å². The van der Waals surface area contributed by atoms with Crippen molar-refractivity contribution in [2.75, 3.05) is 26.9 Å². The fourth-order valence-corrected chi connectivity index (χ4v) is 2.33. The first-order valence-corrected chi connectivity index (χ1v) is 7.16. The molecule has 126 valence electrons. The van der Waals surface area contributed by atoms with Crippen LogP contribution in [0.15, 0.2) is 30.3 Å². The first-order chi connectivity index (χ1) is 10.9. The minimum Gasteiger partial charge on any atom is -0.497 e. The zero-order chi connectivity index (χ0) is 16.9. The first-order valence-electron chi connectivity index (χ1n) is 7.16. The summed E-state index contributed by atoms with van der Waals surface area (Å²) in [6, 6.07) is 6.32. The predicted octanol–water partition coefficient (Wildman–Crippen LogP) is 2.89. The number of nitrogens with zero attached hydrogens (tertiary/aromatic N) is 1. The van der Waals surface area contributed by atoms with Crippen molar-refractivity contribution in [3.8, 4) is 5.75 Å². The largest absolute Gasteiger partial charge is 0.497 e. The van der Waals surface area contributed by atoms with Gasteiger partial charge >= 0.3 is 6.18 Å². The molecule has 1 fully saturated rings. The molecule has 1 unspecified atom stereocenters. The minimum absolute atomic E-state index is 0.137. The molecule has 2 rings (SSSR count). The van der Waals surface area contributed by atoms with Crippen LogP contribution in [0.2, 0.25) is 0 Å². The number of carbonyl (C=O) groups is 1. The third-order valence-corrected chi connectivity index (χ3v) is 3.51. The maximum Gasteiger partial charge on any atom is 0.406 e. The average molecular weight is 329 g/mol. The SMILES string of the molecule is COc1ccc(/C=C/C(=O)N(CC(F)(F)F)C2CCOC2)cc1. The number of amides is 1. The van der Waals surface area contributed by atoms with E-state index in [1.807, 2.05) is 0 Å². The van der Waals surface area contributed by atoms with Crippen molar-refractivity contribution >= 4 is 12.0 Å². The number of rotatable bonds is 5. The molecule has 1 amide bonds. The number of hydrogen-bond donors (Lipinski definition) is 0. The summed E-state index contributed by atoms with van der Waals surface area (Å²) in [6.45, 7) is -0.764. The van der Waals surface area contributed by atoms with E-state index in [-0.39, 0.29) is 6.61 Å². The smallest absolute Gasteiger partial charge is 0.406 e. The van der Waals surface area contributed by atoms with Crippen LogP contribution in [0.5, 0.6) is 5.75 Å². The molecular formula is C16H18F3NO3. The fourth-order valence-electron chi connectivity index (χ4n) is 2.33. The molecule has 1 atom stereocenters. The van der Waals surface area contributed by atoms with Crippen molar-refractivity contribution in [2.24, 2.45) is 0 Å². The number of hydrogen-bond acceptors (Lipinski definition) is 3.